The number of hydrogen-bond donors (Lipinski definition) is 1. The first-order valence-electron chi connectivity index (χ1n) is 9.72. The standard InChI is InChI=1S/C24H21FN4OS/c1-31-15-18-5-4-6-20(13-18)28-24-27-16-26-23(29-24)21-7-2-3-8-22(21)30-14-17-9-11-19(25)12-10-17/h2-13,16H,14-15H2,1H3,(H,26,27,28,29). The van der Waals surface area contributed by atoms with Crippen molar-refractivity contribution in [1.29, 1.82) is 0 Å². The first kappa shape index (κ1) is 20.8. The molecule has 0 aliphatic rings. The number of benzene rings is 3. The molecule has 4 aromatic rings. The van der Waals surface area contributed by atoms with Crippen molar-refractivity contribution in [2.24, 2.45) is 0 Å². The predicted octanol–water partition coefficient (Wildman–Crippen LogP) is 5.86. The van der Waals surface area contributed by atoms with Crippen molar-refractivity contribution >= 4 is 23.4 Å². The second-order valence-electron chi connectivity index (χ2n) is 6.80. The van der Waals surface area contributed by atoms with E-state index in [1.165, 1.54) is 24.0 Å². The quantitative estimate of drug-likeness (QED) is 0.376. The van der Waals surface area contributed by atoms with Crippen molar-refractivity contribution in [1.82, 2.24) is 15.0 Å². The SMILES string of the molecule is CSCc1cccc(Nc2ncnc(-c3ccccc3OCc3ccc(F)cc3)n2)c1. The molecule has 0 aliphatic heterocycles. The van der Waals surface area contributed by atoms with Gasteiger partial charge in [-0.3, -0.25) is 0 Å². The fourth-order valence-corrected chi connectivity index (χ4v) is 3.55. The highest BCUT2D eigenvalue weighted by Crippen LogP contribution is 2.28. The van der Waals surface area contributed by atoms with Crippen LogP contribution >= 0.6 is 11.8 Å². The molecule has 7 heteroatoms. The average molecular weight is 433 g/mol. The third-order valence-electron chi connectivity index (χ3n) is 4.50. The van der Waals surface area contributed by atoms with Gasteiger partial charge in [0.05, 0.1) is 5.56 Å². The number of aromatic nitrogens is 3. The number of halogens is 1. The van der Waals surface area contributed by atoms with Crippen LogP contribution in [0, 0.1) is 5.82 Å². The first-order chi connectivity index (χ1) is 15.2. The molecule has 0 saturated heterocycles. The Labute approximate surface area is 184 Å². The van der Waals surface area contributed by atoms with Crippen LogP contribution in [0.25, 0.3) is 11.4 Å². The number of rotatable bonds is 8. The molecule has 1 N–H and O–H groups in total. The van der Waals surface area contributed by atoms with Crippen molar-refractivity contribution in [2.75, 3.05) is 11.6 Å². The Morgan fingerprint density at radius 2 is 1.77 bits per heavy atom. The molecule has 156 valence electrons. The molecule has 0 unspecified atom stereocenters. The number of anilines is 2. The number of thioether (sulfide) groups is 1. The zero-order valence-electron chi connectivity index (χ0n) is 17.0. The summed E-state index contributed by atoms with van der Waals surface area (Å²) in [6, 6.07) is 22.0. The molecule has 1 aromatic heterocycles. The average Bonchev–Trinajstić information content (AvgIpc) is 2.80. The highest BCUT2D eigenvalue weighted by Gasteiger charge is 2.11. The summed E-state index contributed by atoms with van der Waals surface area (Å²) < 4.78 is 19.1. The van der Waals surface area contributed by atoms with Crippen LogP contribution in [0.4, 0.5) is 16.0 Å². The smallest absolute Gasteiger partial charge is 0.230 e. The lowest BCUT2D eigenvalue weighted by Gasteiger charge is -2.12. The number of hydrogen-bond acceptors (Lipinski definition) is 6. The molecule has 31 heavy (non-hydrogen) atoms. The molecule has 5 nitrogen and oxygen atoms in total. The van der Waals surface area contributed by atoms with Crippen molar-refractivity contribution in [3.8, 4) is 17.1 Å². The van der Waals surface area contributed by atoms with E-state index in [-0.39, 0.29) is 5.82 Å². The summed E-state index contributed by atoms with van der Waals surface area (Å²) in [5, 5.41) is 3.25. The maximum atomic E-state index is 13.1. The zero-order chi connectivity index (χ0) is 21.5. The fourth-order valence-electron chi connectivity index (χ4n) is 3.04. The Morgan fingerprint density at radius 3 is 2.61 bits per heavy atom. The normalized spacial score (nSPS) is 10.6. The van der Waals surface area contributed by atoms with E-state index in [9.17, 15) is 4.39 Å². The van der Waals surface area contributed by atoms with E-state index in [0.29, 0.717) is 24.1 Å². The molecular formula is C24H21FN4OS. The maximum absolute atomic E-state index is 13.1. The molecule has 0 amide bonds. The van der Waals surface area contributed by atoms with Gasteiger partial charge in [-0.1, -0.05) is 36.4 Å². The maximum Gasteiger partial charge on any atom is 0.230 e. The highest BCUT2D eigenvalue weighted by molar-refractivity contribution is 7.97. The Bertz CT molecular complexity index is 1150. The summed E-state index contributed by atoms with van der Waals surface area (Å²) in [4.78, 5) is 13.2. The van der Waals surface area contributed by atoms with E-state index in [4.69, 9.17) is 4.74 Å². The molecule has 0 radical (unpaired) electrons. The van der Waals surface area contributed by atoms with Crippen LogP contribution in [0.3, 0.4) is 0 Å². The third-order valence-corrected chi connectivity index (χ3v) is 5.12. The molecule has 0 saturated carbocycles. The monoisotopic (exact) mass is 432 g/mol. The van der Waals surface area contributed by atoms with E-state index >= 15 is 0 Å². The third kappa shape index (κ3) is 5.58. The molecule has 1 heterocycles. The largest absolute Gasteiger partial charge is 0.488 e. The Balaban J connectivity index is 1.53. The lowest BCUT2D eigenvalue weighted by Crippen LogP contribution is -2.02. The van der Waals surface area contributed by atoms with Crippen molar-refractivity contribution in [2.45, 2.75) is 12.4 Å². The van der Waals surface area contributed by atoms with Gasteiger partial charge in [-0.2, -0.15) is 16.7 Å². The second-order valence-corrected chi connectivity index (χ2v) is 7.67. The lowest BCUT2D eigenvalue weighted by molar-refractivity contribution is 0.307. The molecule has 4 rings (SSSR count). The van der Waals surface area contributed by atoms with Crippen molar-refractivity contribution < 1.29 is 9.13 Å². The van der Waals surface area contributed by atoms with Gasteiger partial charge in [0.1, 0.15) is 24.5 Å². The molecule has 0 spiro atoms. The predicted molar refractivity (Wildman–Crippen MR) is 123 cm³/mol. The van der Waals surface area contributed by atoms with Gasteiger partial charge in [0.15, 0.2) is 5.82 Å². The molecule has 0 bridgehead atoms. The number of nitrogens with zero attached hydrogens (tertiary/aromatic N) is 3. The highest BCUT2D eigenvalue weighted by atomic mass is 32.2. The van der Waals surface area contributed by atoms with Crippen LogP contribution < -0.4 is 10.1 Å². The molecular weight excluding hydrogens is 411 g/mol. The van der Waals surface area contributed by atoms with Crippen LogP contribution in [0.1, 0.15) is 11.1 Å². The number of para-hydroxylation sites is 1. The minimum atomic E-state index is -0.270. The van der Waals surface area contributed by atoms with Gasteiger partial charge in [-0.25, -0.2) is 14.4 Å². The van der Waals surface area contributed by atoms with Crippen molar-refractivity contribution in [3.05, 3.63) is 96.1 Å². The van der Waals surface area contributed by atoms with E-state index in [1.807, 2.05) is 36.4 Å². The van der Waals surface area contributed by atoms with Gasteiger partial charge in [0.25, 0.3) is 0 Å². The van der Waals surface area contributed by atoms with Gasteiger partial charge in [0.2, 0.25) is 5.95 Å². The molecule has 3 aromatic carbocycles. The Hall–Kier alpha value is -3.45. The first-order valence-corrected chi connectivity index (χ1v) is 11.1. The van der Waals surface area contributed by atoms with Gasteiger partial charge < -0.3 is 10.1 Å². The summed E-state index contributed by atoms with van der Waals surface area (Å²) in [5.41, 5.74) is 3.78. The van der Waals surface area contributed by atoms with Crippen molar-refractivity contribution in [3.63, 3.8) is 0 Å². The number of ether oxygens (including phenoxy) is 1. The van der Waals surface area contributed by atoms with Crippen LogP contribution in [-0.2, 0) is 12.4 Å². The van der Waals surface area contributed by atoms with Gasteiger partial charge in [-0.15, -0.1) is 0 Å². The minimum absolute atomic E-state index is 0.270. The Kier molecular flexibility index (Phi) is 6.74. The summed E-state index contributed by atoms with van der Waals surface area (Å²) in [6.07, 6.45) is 3.56. The number of nitrogens with one attached hydrogen (secondary N) is 1. The second kappa shape index (κ2) is 10.0. The van der Waals surface area contributed by atoms with Crippen LogP contribution in [0.5, 0.6) is 5.75 Å². The van der Waals surface area contributed by atoms with Gasteiger partial charge in [0, 0.05) is 11.4 Å². The molecule has 0 aliphatic carbocycles. The van der Waals surface area contributed by atoms with Gasteiger partial charge in [-0.05, 0) is 53.8 Å². The fraction of sp³-hybridized carbons (Fsp3) is 0.125. The topological polar surface area (TPSA) is 59.9 Å². The van der Waals surface area contributed by atoms with Crippen LogP contribution in [0.15, 0.2) is 79.1 Å². The summed E-state index contributed by atoms with van der Waals surface area (Å²) in [6.45, 7) is 0.315. The summed E-state index contributed by atoms with van der Waals surface area (Å²) >= 11 is 1.77. The summed E-state index contributed by atoms with van der Waals surface area (Å²) in [5.74, 6) is 2.28. The van der Waals surface area contributed by atoms with Gasteiger partial charge >= 0.3 is 0 Å². The van der Waals surface area contributed by atoms with Crippen LogP contribution in [0.2, 0.25) is 0 Å². The molecule has 0 fully saturated rings. The lowest BCUT2D eigenvalue weighted by atomic mass is 10.2. The van der Waals surface area contributed by atoms with E-state index in [0.717, 1.165) is 22.6 Å². The minimum Gasteiger partial charge on any atom is -0.488 e. The zero-order valence-corrected chi connectivity index (χ0v) is 17.8. The summed E-state index contributed by atoms with van der Waals surface area (Å²) in [7, 11) is 0. The van der Waals surface area contributed by atoms with E-state index < -0.39 is 0 Å². The van der Waals surface area contributed by atoms with Crippen LogP contribution in [-0.4, -0.2) is 21.2 Å². The molecule has 0 atom stereocenters. The Morgan fingerprint density at radius 1 is 0.935 bits per heavy atom. The van der Waals surface area contributed by atoms with E-state index in [1.54, 1.807) is 23.9 Å². The van der Waals surface area contributed by atoms with E-state index in [2.05, 4.69) is 38.7 Å².